The quantitative estimate of drug-likeness (QED) is 0.623. The van der Waals surface area contributed by atoms with Crippen LogP contribution >= 0.6 is 34.8 Å². The summed E-state index contributed by atoms with van der Waals surface area (Å²) in [4.78, 5) is 5.14. The second kappa shape index (κ2) is 9.45. The zero-order valence-corrected chi connectivity index (χ0v) is 19.0. The smallest absolute Gasteiger partial charge is 0.0557 e. The van der Waals surface area contributed by atoms with Crippen molar-refractivity contribution in [2.75, 3.05) is 37.6 Å². The number of benzene rings is 2. The van der Waals surface area contributed by atoms with Crippen LogP contribution in [0.5, 0.6) is 0 Å². The maximum absolute atomic E-state index is 6.60. The molecule has 3 atom stereocenters. The maximum Gasteiger partial charge on any atom is 0.0557 e. The highest BCUT2D eigenvalue weighted by Gasteiger charge is 2.32. The van der Waals surface area contributed by atoms with Gasteiger partial charge in [0.05, 0.1) is 6.04 Å². The first-order valence-electron chi connectivity index (χ1n) is 10.4. The molecule has 2 aromatic carbocycles. The molecule has 2 aromatic rings. The number of nitrogens with zero attached hydrogens (tertiary/aromatic N) is 2. The fourth-order valence-electron chi connectivity index (χ4n) is 4.69. The van der Waals surface area contributed by atoms with E-state index in [1.165, 1.54) is 12.1 Å². The van der Waals surface area contributed by atoms with Crippen LogP contribution in [0.25, 0.3) is 0 Å². The van der Waals surface area contributed by atoms with Crippen molar-refractivity contribution in [2.45, 2.75) is 31.8 Å². The molecule has 2 fully saturated rings. The molecule has 0 radical (unpaired) electrons. The van der Waals surface area contributed by atoms with Gasteiger partial charge in [-0.25, -0.2) is 0 Å². The summed E-state index contributed by atoms with van der Waals surface area (Å²) in [6.07, 6.45) is 2.28. The van der Waals surface area contributed by atoms with E-state index in [4.69, 9.17) is 34.8 Å². The van der Waals surface area contributed by atoms with Crippen molar-refractivity contribution in [3.05, 3.63) is 63.1 Å². The summed E-state index contributed by atoms with van der Waals surface area (Å²) in [6.45, 7) is 7.78. The van der Waals surface area contributed by atoms with Gasteiger partial charge in [-0.2, -0.15) is 0 Å². The Morgan fingerprint density at radius 2 is 1.76 bits per heavy atom. The monoisotopic (exact) mass is 451 g/mol. The maximum atomic E-state index is 6.60. The molecule has 0 aliphatic carbocycles. The van der Waals surface area contributed by atoms with Crippen LogP contribution in [0.1, 0.15) is 31.4 Å². The summed E-state index contributed by atoms with van der Waals surface area (Å²) in [5, 5.41) is 5.68. The fourth-order valence-corrected chi connectivity index (χ4v) is 5.35. The second-order valence-corrected chi connectivity index (χ2v) is 9.58. The molecule has 29 heavy (non-hydrogen) atoms. The van der Waals surface area contributed by atoms with Crippen molar-refractivity contribution in [1.29, 1.82) is 0 Å². The minimum absolute atomic E-state index is 0.248. The van der Waals surface area contributed by atoms with E-state index in [0.717, 1.165) is 54.8 Å². The molecule has 1 N–H and O–H groups in total. The lowest BCUT2D eigenvalue weighted by Crippen LogP contribution is -2.52. The third-order valence-electron chi connectivity index (χ3n) is 6.29. The van der Waals surface area contributed by atoms with Gasteiger partial charge in [-0.15, -0.1) is 0 Å². The number of anilines is 1. The van der Waals surface area contributed by atoms with Crippen molar-refractivity contribution in [1.82, 2.24) is 10.2 Å². The Labute approximate surface area is 188 Å². The fraction of sp³-hybridized carbons (Fsp3) is 0.478. The lowest BCUT2D eigenvalue weighted by atomic mass is 9.87. The summed E-state index contributed by atoms with van der Waals surface area (Å²) >= 11 is 18.9. The first kappa shape index (κ1) is 21.3. The average molecular weight is 453 g/mol. The highest BCUT2D eigenvalue weighted by atomic mass is 35.5. The lowest BCUT2D eigenvalue weighted by Gasteiger charge is -2.44. The van der Waals surface area contributed by atoms with Gasteiger partial charge >= 0.3 is 0 Å². The van der Waals surface area contributed by atoms with E-state index in [1.807, 2.05) is 24.3 Å². The molecular weight excluding hydrogens is 425 g/mol. The van der Waals surface area contributed by atoms with Gasteiger partial charge in [0.1, 0.15) is 0 Å². The van der Waals surface area contributed by atoms with Crippen LogP contribution in [0.3, 0.4) is 0 Å². The third-order valence-corrected chi connectivity index (χ3v) is 7.11. The molecule has 0 saturated carbocycles. The van der Waals surface area contributed by atoms with Gasteiger partial charge in [0.25, 0.3) is 0 Å². The number of hydrogen-bond donors (Lipinski definition) is 1. The van der Waals surface area contributed by atoms with Crippen LogP contribution in [-0.2, 0) is 0 Å². The first-order chi connectivity index (χ1) is 14.0. The Bertz CT molecular complexity index is 827. The van der Waals surface area contributed by atoms with Crippen LogP contribution in [0.2, 0.25) is 15.1 Å². The number of hydrogen-bond acceptors (Lipinski definition) is 3. The Kier molecular flexibility index (Phi) is 6.93. The zero-order chi connectivity index (χ0) is 20.4. The molecule has 0 amide bonds. The van der Waals surface area contributed by atoms with Crippen LogP contribution in [0, 0.1) is 5.92 Å². The van der Waals surface area contributed by atoms with Crippen molar-refractivity contribution in [3.8, 4) is 0 Å². The molecule has 2 saturated heterocycles. The number of piperazine rings is 1. The summed E-state index contributed by atoms with van der Waals surface area (Å²) in [5.41, 5.74) is 2.35. The van der Waals surface area contributed by atoms with E-state index >= 15 is 0 Å². The van der Waals surface area contributed by atoms with Gasteiger partial charge in [-0.1, -0.05) is 40.9 Å². The van der Waals surface area contributed by atoms with Gasteiger partial charge in [0.15, 0.2) is 0 Å². The SMILES string of the molecule is C[C@H]1CNCCN1C[C@@H]1CC[C@@H](c2ccc(Cl)cc2Cl)N(c2ccc(Cl)cc2)C1. The van der Waals surface area contributed by atoms with E-state index < -0.39 is 0 Å². The van der Waals surface area contributed by atoms with Crippen LogP contribution in [0.4, 0.5) is 5.69 Å². The van der Waals surface area contributed by atoms with E-state index in [1.54, 1.807) is 0 Å². The summed E-state index contributed by atoms with van der Waals surface area (Å²) in [5.74, 6) is 0.633. The molecule has 2 heterocycles. The van der Waals surface area contributed by atoms with Crippen molar-refractivity contribution in [2.24, 2.45) is 5.92 Å². The summed E-state index contributed by atoms with van der Waals surface area (Å²) in [7, 11) is 0. The van der Waals surface area contributed by atoms with Gasteiger partial charge < -0.3 is 10.2 Å². The second-order valence-electron chi connectivity index (χ2n) is 8.30. The minimum Gasteiger partial charge on any atom is -0.364 e. The third kappa shape index (κ3) is 5.03. The highest BCUT2D eigenvalue weighted by Crippen LogP contribution is 2.40. The lowest BCUT2D eigenvalue weighted by molar-refractivity contribution is 0.137. The number of rotatable bonds is 4. The normalized spacial score (nSPS) is 25.9. The van der Waals surface area contributed by atoms with E-state index in [0.29, 0.717) is 17.0 Å². The predicted octanol–water partition coefficient (Wildman–Crippen LogP) is 5.90. The number of halogens is 3. The van der Waals surface area contributed by atoms with Crippen LogP contribution < -0.4 is 10.2 Å². The van der Waals surface area contributed by atoms with Crippen LogP contribution in [-0.4, -0.2) is 43.7 Å². The molecule has 2 aliphatic rings. The molecule has 2 aliphatic heterocycles. The molecule has 156 valence electrons. The summed E-state index contributed by atoms with van der Waals surface area (Å²) in [6, 6.07) is 14.9. The van der Waals surface area contributed by atoms with Crippen molar-refractivity contribution >= 4 is 40.5 Å². The number of nitrogens with one attached hydrogen (secondary N) is 1. The Hall–Kier alpha value is -0.970. The molecule has 3 nitrogen and oxygen atoms in total. The first-order valence-corrected chi connectivity index (χ1v) is 11.6. The molecule has 0 spiro atoms. The standard InChI is InChI=1S/C23H28Cl3N3/c1-16-13-27-10-11-28(16)14-17-2-9-23(21-8-5-19(25)12-22(21)26)29(15-17)20-6-3-18(24)4-7-20/h3-8,12,16-17,23,27H,2,9-11,13-15H2,1H3/t16-,17-,23-/m0/s1. The van der Waals surface area contributed by atoms with Crippen LogP contribution in [0.15, 0.2) is 42.5 Å². The Balaban J connectivity index is 1.58. The number of piperidine rings is 1. The van der Waals surface area contributed by atoms with Gasteiger partial charge in [0.2, 0.25) is 0 Å². The van der Waals surface area contributed by atoms with E-state index in [2.05, 4.69) is 40.2 Å². The Morgan fingerprint density at radius 3 is 2.48 bits per heavy atom. The molecule has 0 unspecified atom stereocenters. The average Bonchev–Trinajstić information content (AvgIpc) is 2.71. The molecule has 0 aromatic heterocycles. The van der Waals surface area contributed by atoms with E-state index in [9.17, 15) is 0 Å². The largest absolute Gasteiger partial charge is 0.364 e. The zero-order valence-electron chi connectivity index (χ0n) is 16.8. The van der Waals surface area contributed by atoms with Gasteiger partial charge in [-0.05, 0) is 67.6 Å². The van der Waals surface area contributed by atoms with Gasteiger partial charge in [-0.3, -0.25) is 4.90 Å². The Morgan fingerprint density at radius 1 is 1.00 bits per heavy atom. The molecule has 6 heteroatoms. The molecular formula is C23H28Cl3N3. The topological polar surface area (TPSA) is 18.5 Å². The van der Waals surface area contributed by atoms with Crippen molar-refractivity contribution < 1.29 is 0 Å². The molecule has 4 rings (SSSR count). The minimum atomic E-state index is 0.248. The molecule has 0 bridgehead atoms. The predicted molar refractivity (Wildman–Crippen MR) is 125 cm³/mol. The van der Waals surface area contributed by atoms with E-state index in [-0.39, 0.29) is 6.04 Å². The summed E-state index contributed by atoms with van der Waals surface area (Å²) < 4.78 is 0. The van der Waals surface area contributed by atoms with Gasteiger partial charge in [0, 0.05) is 59.5 Å². The van der Waals surface area contributed by atoms with Crippen molar-refractivity contribution in [3.63, 3.8) is 0 Å². The highest BCUT2D eigenvalue weighted by molar-refractivity contribution is 6.35.